The van der Waals surface area contributed by atoms with E-state index in [1.54, 1.807) is 24.1 Å². The van der Waals surface area contributed by atoms with Gasteiger partial charge in [0.2, 0.25) is 5.72 Å². The van der Waals surface area contributed by atoms with Gasteiger partial charge in [0.05, 0.1) is 30.6 Å². The zero-order chi connectivity index (χ0) is 22.1. The summed E-state index contributed by atoms with van der Waals surface area (Å²) in [5.74, 6) is 1.04. The Morgan fingerprint density at radius 2 is 2.13 bits per heavy atom. The number of nitrogens with one attached hydrogen (secondary N) is 1. The lowest BCUT2D eigenvalue weighted by atomic mass is 10.1. The molecular formula is C22H28FN5O2. The second-order valence-electron chi connectivity index (χ2n) is 7.69. The molecule has 0 aliphatic carbocycles. The number of methoxy groups -OCH3 is 1. The van der Waals surface area contributed by atoms with Crippen LogP contribution in [0.5, 0.6) is 5.75 Å². The monoisotopic (exact) mass is 413 g/mol. The summed E-state index contributed by atoms with van der Waals surface area (Å²) in [5, 5.41) is 11.9. The fourth-order valence-corrected chi connectivity index (χ4v) is 3.16. The molecule has 0 amide bonds. The Labute approximate surface area is 176 Å². The van der Waals surface area contributed by atoms with Crippen molar-refractivity contribution in [3.63, 3.8) is 0 Å². The Bertz CT molecular complexity index is 1010. The first-order valence-electron chi connectivity index (χ1n) is 9.65. The highest BCUT2D eigenvalue weighted by Crippen LogP contribution is 2.27. The quantitative estimate of drug-likeness (QED) is 0.695. The van der Waals surface area contributed by atoms with E-state index in [1.165, 1.54) is 12.1 Å². The standard InChI is InChI=1S/C22H28FN5O2/c1-14(25-15(2)18-12-17(23)8-9-20(18)29-7)10-11-28-16(3)19(13-24-28)21-26-30-22(4,5)27(21)6/h8-13,15,25H,1H2,2-7H3/b11-10-. The number of aromatic nitrogens is 2. The molecule has 0 bridgehead atoms. The van der Waals surface area contributed by atoms with Gasteiger partial charge in [-0.15, -0.1) is 0 Å². The Morgan fingerprint density at radius 1 is 1.40 bits per heavy atom. The molecule has 3 rings (SSSR count). The van der Waals surface area contributed by atoms with Gasteiger partial charge in [0.1, 0.15) is 11.6 Å². The molecule has 1 unspecified atom stereocenters. The minimum absolute atomic E-state index is 0.192. The number of rotatable bonds is 7. The van der Waals surface area contributed by atoms with Crippen molar-refractivity contribution in [2.45, 2.75) is 39.5 Å². The van der Waals surface area contributed by atoms with Crippen LogP contribution < -0.4 is 10.1 Å². The summed E-state index contributed by atoms with van der Waals surface area (Å²) in [4.78, 5) is 7.46. The first-order valence-corrected chi connectivity index (χ1v) is 9.65. The van der Waals surface area contributed by atoms with E-state index in [0.29, 0.717) is 11.4 Å². The van der Waals surface area contributed by atoms with Gasteiger partial charge in [-0.05, 0) is 52.0 Å². The number of benzene rings is 1. The van der Waals surface area contributed by atoms with Gasteiger partial charge in [0.25, 0.3) is 0 Å². The van der Waals surface area contributed by atoms with Gasteiger partial charge >= 0.3 is 0 Å². The first-order chi connectivity index (χ1) is 14.1. The van der Waals surface area contributed by atoms with Crippen LogP contribution in [0, 0.1) is 12.7 Å². The van der Waals surface area contributed by atoms with E-state index in [4.69, 9.17) is 9.57 Å². The van der Waals surface area contributed by atoms with Crippen LogP contribution >= 0.6 is 0 Å². The van der Waals surface area contributed by atoms with Gasteiger partial charge in [0, 0.05) is 24.5 Å². The predicted octanol–water partition coefficient (Wildman–Crippen LogP) is 4.03. The molecule has 2 aromatic rings. The van der Waals surface area contributed by atoms with Crippen molar-refractivity contribution in [1.29, 1.82) is 0 Å². The van der Waals surface area contributed by atoms with Crippen LogP contribution in [0.4, 0.5) is 4.39 Å². The number of nitrogens with zero attached hydrogens (tertiary/aromatic N) is 4. The molecule has 1 aliphatic rings. The minimum Gasteiger partial charge on any atom is -0.496 e. The molecule has 1 N–H and O–H groups in total. The Hall–Kier alpha value is -3.29. The van der Waals surface area contributed by atoms with Crippen LogP contribution in [0.15, 0.2) is 47.9 Å². The molecule has 1 atom stereocenters. The molecule has 7 nitrogen and oxygen atoms in total. The summed E-state index contributed by atoms with van der Waals surface area (Å²) in [6.07, 6.45) is 5.38. The highest BCUT2D eigenvalue weighted by Gasteiger charge is 2.36. The molecule has 8 heteroatoms. The number of oxime groups is 1. The highest BCUT2D eigenvalue weighted by molar-refractivity contribution is 6.00. The summed E-state index contributed by atoms with van der Waals surface area (Å²) in [6, 6.07) is 4.26. The third kappa shape index (κ3) is 4.17. The summed E-state index contributed by atoms with van der Waals surface area (Å²) in [6.45, 7) is 11.8. The Morgan fingerprint density at radius 3 is 2.77 bits per heavy atom. The van der Waals surface area contributed by atoms with E-state index in [0.717, 1.165) is 22.7 Å². The zero-order valence-electron chi connectivity index (χ0n) is 18.2. The number of ether oxygens (including phenoxy) is 1. The van der Waals surface area contributed by atoms with Crippen molar-refractivity contribution in [2.24, 2.45) is 5.16 Å². The molecule has 0 saturated carbocycles. The minimum atomic E-state index is -0.494. The van der Waals surface area contributed by atoms with Crippen molar-refractivity contribution < 1.29 is 14.0 Å². The zero-order valence-corrected chi connectivity index (χ0v) is 18.2. The second kappa shape index (κ2) is 8.22. The Balaban J connectivity index is 1.71. The highest BCUT2D eigenvalue weighted by atomic mass is 19.1. The van der Waals surface area contributed by atoms with Crippen LogP contribution in [-0.4, -0.2) is 40.4 Å². The average molecular weight is 413 g/mol. The van der Waals surface area contributed by atoms with Gasteiger partial charge in [-0.25, -0.2) is 9.07 Å². The fourth-order valence-electron chi connectivity index (χ4n) is 3.16. The topological polar surface area (TPSA) is 63.9 Å². The summed E-state index contributed by atoms with van der Waals surface area (Å²) >= 11 is 0. The Kier molecular flexibility index (Phi) is 5.87. The molecule has 1 aromatic carbocycles. The molecule has 0 spiro atoms. The van der Waals surface area contributed by atoms with Crippen LogP contribution in [0.25, 0.3) is 6.20 Å². The van der Waals surface area contributed by atoms with E-state index in [9.17, 15) is 4.39 Å². The lowest BCUT2D eigenvalue weighted by Gasteiger charge is -2.26. The van der Waals surface area contributed by atoms with E-state index in [2.05, 4.69) is 22.2 Å². The third-order valence-electron chi connectivity index (χ3n) is 5.24. The second-order valence-corrected chi connectivity index (χ2v) is 7.69. The van der Waals surface area contributed by atoms with Crippen LogP contribution in [0.1, 0.15) is 43.6 Å². The normalized spacial score (nSPS) is 16.4. The number of hydrogen-bond acceptors (Lipinski definition) is 6. The average Bonchev–Trinajstić information content (AvgIpc) is 3.19. The van der Waals surface area contributed by atoms with E-state index in [1.807, 2.05) is 51.9 Å². The number of halogens is 1. The number of hydrogen-bond donors (Lipinski definition) is 1. The summed E-state index contributed by atoms with van der Waals surface area (Å²) in [7, 11) is 3.50. The number of allylic oxidation sites excluding steroid dienone is 1. The lowest BCUT2D eigenvalue weighted by molar-refractivity contribution is -0.0593. The molecule has 30 heavy (non-hydrogen) atoms. The largest absolute Gasteiger partial charge is 0.496 e. The lowest BCUT2D eigenvalue weighted by Crippen LogP contribution is -2.41. The first kappa shape index (κ1) is 21.4. The molecule has 0 saturated heterocycles. The molecule has 1 aromatic heterocycles. The van der Waals surface area contributed by atoms with Crippen LogP contribution in [0.2, 0.25) is 0 Å². The van der Waals surface area contributed by atoms with Crippen molar-refractivity contribution in [3.05, 3.63) is 65.4 Å². The van der Waals surface area contributed by atoms with Crippen molar-refractivity contribution in [3.8, 4) is 5.75 Å². The maximum absolute atomic E-state index is 13.6. The molecule has 0 fully saturated rings. The van der Waals surface area contributed by atoms with Gasteiger partial charge < -0.3 is 19.8 Å². The van der Waals surface area contributed by atoms with Gasteiger partial charge in [-0.2, -0.15) is 5.10 Å². The molecular weight excluding hydrogens is 385 g/mol. The molecule has 1 aliphatic heterocycles. The molecule has 2 heterocycles. The van der Waals surface area contributed by atoms with Gasteiger partial charge in [0.15, 0.2) is 5.84 Å². The van der Waals surface area contributed by atoms with Crippen molar-refractivity contribution in [2.75, 3.05) is 14.2 Å². The smallest absolute Gasteiger partial charge is 0.205 e. The SMILES string of the molecule is C=C(/C=C\n1ncc(C2=NOC(C)(C)N2C)c1C)NC(C)c1cc(F)ccc1OC. The fraction of sp³-hybridized carbons (Fsp3) is 0.364. The van der Waals surface area contributed by atoms with Gasteiger partial charge in [-0.3, -0.25) is 0 Å². The van der Waals surface area contributed by atoms with Crippen LogP contribution in [-0.2, 0) is 4.84 Å². The van der Waals surface area contributed by atoms with Gasteiger partial charge in [-0.1, -0.05) is 11.7 Å². The van der Waals surface area contributed by atoms with E-state index >= 15 is 0 Å². The predicted molar refractivity (Wildman–Crippen MR) is 115 cm³/mol. The van der Waals surface area contributed by atoms with E-state index in [-0.39, 0.29) is 11.9 Å². The van der Waals surface area contributed by atoms with Crippen molar-refractivity contribution in [1.82, 2.24) is 20.0 Å². The molecule has 160 valence electrons. The summed E-state index contributed by atoms with van der Waals surface area (Å²) in [5.41, 5.74) is 2.70. The van der Waals surface area contributed by atoms with E-state index < -0.39 is 5.72 Å². The maximum atomic E-state index is 13.6. The third-order valence-corrected chi connectivity index (χ3v) is 5.24. The molecule has 0 radical (unpaired) electrons. The summed E-state index contributed by atoms with van der Waals surface area (Å²) < 4.78 is 20.7. The van der Waals surface area contributed by atoms with Crippen molar-refractivity contribution >= 4 is 12.0 Å². The number of amidine groups is 1. The van der Waals surface area contributed by atoms with Crippen LogP contribution in [0.3, 0.4) is 0 Å². The maximum Gasteiger partial charge on any atom is 0.205 e.